The quantitative estimate of drug-likeness (QED) is 0.540. The van der Waals surface area contributed by atoms with Crippen LogP contribution < -0.4 is 4.90 Å². The van der Waals surface area contributed by atoms with Crippen molar-refractivity contribution in [1.82, 2.24) is 19.9 Å². The van der Waals surface area contributed by atoms with Crippen LogP contribution in [0.5, 0.6) is 0 Å². The van der Waals surface area contributed by atoms with Crippen molar-refractivity contribution in [3.63, 3.8) is 0 Å². The zero-order chi connectivity index (χ0) is 20.1. The summed E-state index contributed by atoms with van der Waals surface area (Å²) in [4.78, 5) is 4.87. The highest BCUT2D eigenvalue weighted by molar-refractivity contribution is 6.33. The van der Waals surface area contributed by atoms with Crippen molar-refractivity contribution in [2.24, 2.45) is 0 Å². The smallest absolute Gasteiger partial charge is 0.123 e. The Morgan fingerprint density at radius 3 is 2.52 bits per heavy atom. The van der Waals surface area contributed by atoms with Crippen LogP contribution in [-0.2, 0) is 6.54 Å². The van der Waals surface area contributed by atoms with Crippen molar-refractivity contribution in [3.8, 4) is 11.3 Å². The van der Waals surface area contributed by atoms with E-state index in [1.807, 2.05) is 35.1 Å². The highest BCUT2D eigenvalue weighted by atomic mass is 35.5. The Kier molecular flexibility index (Phi) is 6.42. The maximum atomic E-state index is 13.4. The molecule has 0 bridgehead atoms. The molecule has 152 valence electrons. The van der Waals surface area contributed by atoms with E-state index in [1.165, 1.54) is 12.1 Å². The van der Waals surface area contributed by atoms with Crippen LogP contribution in [0.2, 0.25) is 5.02 Å². The highest BCUT2D eigenvalue weighted by Gasteiger charge is 2.18. The largest absolute Gasteiger partial charge is 0.368 e. The number of rotatable bonds is 7. The lowest BCUT2D eigenvalue weighted by molar-refractivity contribution is 0.250. The van der Waals surface area contributed by atoms with Gasteiger partial charge in [-0.05, 0) is 43.7 Å². The van der Waals surface area contributed by atoms with Crippen molar-refractivity contribution in [2.75, 3.05) is 37.6 Å². The number of piperazine rings is 1. The normalized spacial score (nSPS) is 15.0. The van der Waals surface area contributed by atoms with Gasteiger partial charge < -0.3 is 4.90 Å². The number of halogens is 2. The highest BCUT2D eigenvalue weighted by Crippen LogP contribution is 2.26. The maximum absolute atomic E-state index is 13.4. The van der Waals surface area contributed by atoms with E-state index in [9.17, 15) is 4.39 Å². The number of hydrogen-bond donors (Lipinski definition) is 0. The number of aromatic nitrogens is 3. The summed E-state index contributed by atoms with van der Waals surface area (Å²) in [6, 6.07) is 14.5. The minimum absolute atomic E-state index is 0.258. The Bertz CT molecular complexity index is 936. The fraction of sp³-hybridized carbons (Fsp3) is 0.364. The van der Waals surface area contributed by atoms with Gasteiger partial charge in [0.2, 0.25) is 0 Å². The monoisotopic (exact) mass is 413 g/mol. The molecule has 3 aromatic rings. The molecule has 0 N–H and O–H groups in total. The van der Waals surface area contributed by atoms with E-state index in [4.69, 9.17) is 11.6 Å². The molecular weight excluding hydrogens is 389 g/mol. The van der Waals surface area contributed by atoms with E-state index < -0.39 is 0 Å². The van der Waals surface area contributed by atoms with Crippen molar-refractivity contribution in [1.29, 1.82) is 0 Å². The summed E-state index contributed by atoms with van der Waals surface area (Å²) in [7, 11) is 0. The van der Waals surface area contributed by atoms with E-state index in [2.05, 4.69) is 26.2 Å². The second-order valence-corrected chi connectivity index (χ2v) is 7.77. The lowest BCUT2D eigenvalue weighted by Crippen LogP contribution is -2.46. The summed E-state index contributed by atoms with van der Waals surface area (Å²) < 4.78 is 15.2. The van der Waals surface area contributed by atoms with E-state index in [0.29, 0.717) is 5.69 Å². The zero-order valence-electron chi connectivity index (χ0n) is 16.3. The molecule has 0 saturated carbocycles. The van der Waals surface area contributed by atoms with Gasteiger partial charge in [0.25, 0.3) is 0 Å². The molecule has 5 nitrogen and oxygen atoms in total. The zero-order valence-corrected chi connectivity index (χ0v) is 17.1. The van der Waals surface area contributed by atoms with Crippen LogP contribution in [-0.4, -0.2) is 52.6 Å². The molecule has 1 aliphatic heterocycles. The van der Waals surface area contributed by atoms with Crippen LogP contribution in [0.15, 0.2) is 54.7 Å². The standard InChI is InChI=1S/C22H25ClFN5/c23-20-8-1-2-9-22(20)28-14-12-27(13-15-28)10-3-4-11-29-17-21(25-26-29)18-6-5-7-19(24)16-18/h1-2,5-9,16-17H,3-4,10-15H2. The van der Waals surface area contributed by atoms with Gasteiger partial charge in [0, 0.05) is 38.3 Å². The first kappa shape index (κ1) is 19.9. The Hall–Kier alpha value is -2.44. The average molecular weight is 414 g/mol. The Balaban J connectivity index is 1.19. The fourth-order valence-corrected chi connectivity index (χ4v) is 3.97. The first-order valence-corrected chi connectivity index (χ1v) is 10.4. The Morgan fingerprint density at radius 2 is 1.72 bits per heavy atom. The molecule has 2 aromatic carbocycles. The second-order valence-electron chi connectivity index (χ2n) is 7.36. The number of hydrogen-bond acceptors (Lipinski definition) is 4. The van der Waals surface area contributed by atoms with Crippen LogP contribution in [0.25, 0.3) is 11.3 Å². The lowest BCUT2D eigenvalue weighted by atomic mass is 10.2. The molecule has 0 atom stereocenters. The van der Waals surface area contributed by atoms with Gasteiger partial charge in [-0.25, -0.2) is 4.39 Å². The number of benzene rings is 2. The number of anilines is 1. The number of para-hydroxylation sites is 1. The first-order valence-electron chi connectivity index (χ1n) is 10.1. The molecule has 0 aliphatic carbocycles. The SMILES string of the molecule is Fc1cccc(-c2cn(CCCCN3CCN(c4ccccc4Cl)CC3)nn2)c1. The summed E-state index contributed by atoms with van der Waals surface area (Å²) in [6.07, 6.45) is 4.04. The first-order chi connectivity index (χ1) is 14.2. The molecule has 1 fully saturated rings. The van der Waals surface area contributed by atoms with E-state index in [1.54, 1.807) is 6.07 Å². The molecule has 1 aromatic heterocycles. The second kappa shape index (κ2) is 9.37. The van der Waals surface area contributed by atoms with Crippen molar-refractivity contribution >= 4 is 17.3 Å². The van der Waals surface area contributed by atoms with Gasteiger partial charge >= 0.3 is 0 Å². The summed E-state index contributed by atoms with van der Waals surface area (Å²) in [6.45, 7) is 6.02. The molecule has 7 heteroatoms. The third-order valence-corrected chi connectivity index (χ3v) is 5.66. The number of aryl methyl sites for hydroxylation is 1. The predicted octanol–water partition coefficient (Wildman–Crippen LogP) is 4.34. The topological polar surface area (TPSA) is 37.2 Å². The van der Waals surface area contributed by atoms with Gasteiger partial charge in [0.15, 0.2) is 0 Å². The van der Waals surface area contributed by atoms with Crippen molar-refractivity contribution in [3.05, 3.63) is 65.6 Å². The van der Waals surface area contributed by atoms with Crippen LogP contribution in [0, 0.1) is 5.82 Å². The molecule has 0 spiro atoms. The van der Waals surface area contributed by atoms with Gasteiger partial charge in [-0.1, -0.05) is 41.1 Å². The summed E-state index contributed by atoms with van der Waals surface area (Å²) in [5, 5.41) is 9.16. The Labute approximate surface area is 175 Å². The van der Waals surface area contributed by atoms with E-state index in [-0.39, 0.29) is 5.82 Å². The lowest BCUT2D eigenvalue weighted by Gasteiger charge is -2.36. The van der Waals surface area contributed by atoms with Gasteiger partial charge in [0.05, 0.1) is 16.9 Å². The fourth-order valence-electron chi connectivity index (χ4n) is 3.72. The number of unbranched alkanes of at least 4 members (excludes halogenated alkanes) is 1. The van der Waals surface area contributed by atoms with Crippen molar-refractivity contribution in [2.45, 2.75) is 19.4 Å². The third kappa shape index (κ3) is 5.14. The molecule has 1 aliphatic rings. The Morgan fingerprint density at radius 1 is 0.931 bits per heavy atom. The van der Waals surface area contributed by atoms with Crippen LogP contribution >= 0.6 is 11.6 Å². The molecule has 4 rings (SSSR count). The molecule has 0 radical (unpaired) electrons. The molecular formula is C22H25ClFN5. The van der Waals surface area contributed by atoms with Crippen LogP contribution in [0.3, 0.4) is 0 Å². The number of nitrogens with zero attached hydrogens (tertiary/aromatic N) is 5. The average Bonchev–Trinajstić information content (AvgIpc) is 3.21. The van der Waals surface area contributed by atoms with Crippen molar-refractivity contribution < 1.29 is 4.39 Å². The molecule has 1 saturated heterocycles. The van der Waals surface area contributed by atoms with Crippen LogP contribution in [0.1, 0.15) is 12.8 Å². The van der Waals surface area contributed by atoms with Gasteiger partial charge in [-0.3, -0.25) is 9.58 Å². The third-order valence-electron chi connectivity index (χ3n) is 5.34. The minimum atomic E-state index is -0.258. The molecule has 0 amide bonds. The van der Waals surface area contributed by atoms with Gasteiger partial charge in [-0.15, -0.1) is 5.10 Å². The molecule has 29 heavy (non-hydrogen) atoms. The van der Waals surface area contributed by atoms with Gasteiger partial charge in [-0.2, -0.15) is 0 Å². The molecule has 0 unspecified atom stereocenters. The maximum Gasteiger partial charge on any atom is 0.123 e. The summed E-state index contributed by atoms with van der Waals surface area (Å²) >= 11 is 6.32. The predicted molar refractivity (Wildman–Crippen MR) is 115 cm³/mol. The summed E-state index contributed by atoms with van der Waals surface area (Å²) in [5.41, 5.74) is 2.60. The minimum Gasteiger partial charge on any atom is -0.368 e. The summed E-state index contributed by atoms with van der Waals surface area (Å²) in [5.74, 6) is -0.258. The van der Waals surface area contributed by atoms with E-state index in [0.717, 1.165) is 68.4 Å². The molecule has 2 heterocycles. The van der Waals surface area contributed by atoms with Crippen LogP contribution in [0.4, 0.5) is 10.1 Å². The van der Waals surface area contributed by atoms with E-state index >= 15 is 0 Å². The van der Waals surface area contributed by atoms with Gasteiger partial charge in [0.1, 0.15) is 11.5 Å².